The molecule has 0 atom stereocenters. The number of aryl methyl sites for hydroxylation is 1. The third kappa shape index (κ3) is 4.77. The third-order valence-corrected chi connectivity index (χ3v) is 4.49. The van der Waals surface area contributed by atoms with Crippen molar-refractivity contribution >= 4 is 17.8 Å². The molecule has 1 amide bonds. The van der Waals surface area contributed by atoms with Crippen molar-refractivity contribution in [2.75, 3.05) is 43.7 Å². The molecule has 6 nitrogen and oxygen atoms in total. The fourth-order valence-electron chi connectivity index (χ4n) is 2.95. The smallest absolute Gasteiger partial charge is 0.232 e. The zero-order valence-corrected chi connectivity index (χ0v) is 15.2. The summed E-state index contributed by atoms with van der Waals surface area (Å²) < 4.78 is 14.1. The Hall–Kier alpha value is -2.51. The molecule has 1 aromatic carbocycles. The molecule has 1 saturated heterocycles. The molecule has 0 bridgehead atoms. The summed E-state index contributed by atoms with van der Waals surface area (Å²) >= 11 is 0. The van der Waals surface area contributed by atoms with Gasteiger partial charge in [-0.3, -0.25) is 20.1 Å². The van der Waals surface area contributed by atoms with E-state index in [4.69, 9.17) is 0 Å². The van der Waals surface area contributed by atoms with Gasteiger partial charge in [0.15, 0.2) is 0 Å². The Morgan fingerprint density at radius 2 is 2.00 bits per heavy atom. The lowest BCUT2D eigenvalue weighted by molar-refractivity contribution is -0.107. The van der Waals surface area contributed by atoms with E-state index < -0.39 is 0 Å². The van der Waals surface area contributed by atoms with E-state index in [0.717, 1.165) is 37.4 Å². The summed E-state index contributed by atoms with van der Waals surface area (Å²) in [7, 11) is 2.10. The Morgan fingerprint density at radius 1 is 1.23 bits per heavy atom. The lowest BCUT2D eigenvalue weighted by Gasteiger charge is -2.32. The molecule has 7 heteroatoms. The van der Waals surface area contributed by atoms with E-state index >= 15 is 0 Å². The first-order valence-corrected chi connectivity index (χ1v) is 8.68. The highest BCUT2D eigenvalue weighted by molar-refractivity contribution is 5.78. The summed E-state index contributed by atoms with van der Waals surface area (Å²) in [5.74, 6) is -0.359. The number of hydrogen-bond donors (Lipinski definition) is 1. The number of piperazine rings is 1. The second-order valence-electron chi connectivity index (χ2n) is 6.67. The largest absolute Gasteiger partial charge is 0.304 e. The maximum atomic E-state index is 14.1. The number of hydrogen-bond acceptors (Lipinski definition) is 5. The SMILES string of the molecule is Cc1ccc(NN(C=O)c2cc(F)cc(CN3CCN(C)CC3)c2)cn1. The van der Waals surface area contributed by atoms with Gasteiger partial charge in [-0.25, -0.2) is 9.40 Å². The first kappa shape index (κ1) is 18.3. The lowest BCUT2D eigenvalue weighted by atomic mass is 10.1. The van der Waals surface area contributed by atoms with Crippen molar-refractivity contribution in [3.63, 3.8) is 0 Å². The minimum absolute atomic E-state index is 0.359. The van der Waals surface area contributed by atoms with Gasteiger partial charge in [-0.05, 0) is 49.9 Å². The van der Waals surface area contributed by atoms with Crippen LogP contribution in [-0.4, -0.2) is 54.4 Å². The predicted octanol–water partition coefficient (Wildman–Crippen LogP) is 2.27. The summed E-state index contributed by atoms with van der Waals surface area (Å²) in [6.07, 6.45) is 2.27. The molecule has 0 spiro atoms. The number of nitrogens with zero attached hydrogens (tertiary/aromatic N) is 4. The van der Waals surface area contributed by atoms with Gasteiger partial charge in [0.25, 0.3) is 0 Å². The molecule has 138 valence electrons. The van der Waals surface area contributed by atoms with Crippen LogP contribution in [-0.2, 0) is 11.3 Å². The van der Waals surface area contributed by atoms with Crippen LogP contribution in [0.4, 0.5) is 15.8 Å². The van der Waals surface area contributed by atoms with Gasteiger partial charge in [-0.1, -0.05) is 0 Å². The average molecular weight is 357 g/mol. The number of pyridine rings is 1. The quantitative estimate of drug-likeness (QED) is 0.635. The van der Waals surface area contributed by atoms with Crippen LogP contribution in [0.25, 0.3) is 0 Å². The number of hydrazine groups is 1. The normalized spacial score (nSPS) is 15.7. The Balaban J connectivity index is 1.74. The zero-order valence-electron chi connectivity index (χ0n) is 15.2. The second-order valence-corrected chi connectivity index (χ2v) is 6.67. The second kappa shape index (κ2) is 8.25. The first-order valence-electron chi connectivity index (χ1n) is 8.68. The predicted molar refractivity (Wildman–Crippen MR) is 100 cm³/mol. The van der Waals surface area contributed by atoms with Gasteiger partial charge in [0.1, 0.15) is 5.82 Å². The van der Waals surface area contributed by atoms with Crippen LogP contribution >= 0.6 is 0 Å². The van der Waals surface area contributed by atoms with Crippen LogP contribution in [0.2, 0.25) is 0 Å². The molecule has 0 unspecified atom stereocenters. The molecule has 1 N–H and O–H groups in total. The standard InChI is InChI=1S/C19H24FN5O/c1-15-3-4-18(12-21-15)22-25(14-26)19-10-16(9-17(20)11-19)13-24-7-5-23(2)6-8-24/h3-4,9-12,14,22H,5-8,13H2,1-2H3. The van der Waals surface area contributed by atoms with Gasteiger partial charge in [-0.2, -0.15) is 0 Å². The molecule has 1 aliphatic heterocycles. The molecule has 3 rings (SSSR count). The van der Waals surface area contributed by atoms with E-state index in [2.05, 4.69) is 27.3 Å². The molecule has 1 fully saturated rings. The number of amides is 1. The van der Waals surface area contributed by atoms with Gasteiger partial charge >= 0.3 is 0 Å². The topological polar surface area (TPSA) is 51.7 Å². The monoisotopic (exact) mass is 357 g/mol. The summed E-state index contributed by atoms with van der Waals surface area (Å²) in [4.78, 5) is 20.3. The summed E-state index contributed by atoms with van der Waals surface area (Å²) in [6.45, 7) is 6.46. The van der Waals surface area contributed by atoms with Crippen LogP contribution in [0.1, 0.15) is 11.3 Å². The third-order valence-electron chi connectivity index (χ3n) is 4.49. The highest BCUT2D eigenvalue weighted by Gasteiger charge is 2.15. The number of likely N-dealkylation sites (N-methyl/N-ethyl adjacent to an activating group) is 1. The fourth-order valence-corrected chi connectivity index (χ4v) is 2.95. The maximum Gasteiger partial charge on any atom is 0.232 e. The van der Waals surface area contributed by atoms with Crippen LogP contribution in [0.3, 0.4) is 0 Å². The van der Waals surface area contributed by atoms with Gasteiger partial charge in [0.05, 0.1) is 17.6 Å². The number of anilines is 2. The summed E-state index contributed by atoms with van der Waals surface area (Å²) in [5, 5.41) is 1.27. The number of nitrogens with one attached hydrogen (secondary N) is 1. The number of halogens is 1. The zero-order chi connectivity index (χ0) is 18.5. The first-order chi connectivity index (χ1) is 12.5. The van der Waals surface area contributed by atoms with E-state index in [1.165, 1.54) is 17.1 Å². The van der Waals surface area contributed by atoms with E-state index in [-0.39, 0.29) is 5.82 Å². The number of aromatic nitrogens is 1. The Labute approximate surface area is 153 Å². The molecule has 0 saturated carbocycles. The van der Waals surface area contributed by atoms with Crippen molar-refractivity contribution in [2.45, 2.75) is 13.5 Å². The fraction of sp³-hybridized carbons (Fsp3) is 0.368. The van der Waals surface area contributed by atoms with Crippen LogP contribution in [0.5, 0.6) is 0 Å². The Morgan fingerprint density at radius 3 is 2.65 bits per heavy atom. The Kier molecular flexibility index (Phi) is 5.80. The molecule has 0 aliphatic carbocycles. The van der Waals surface area contributed by atoms with Crippen LogP contribution in [0.15, 0.2) is 36.5 Å². The maximum absolute atomic E-state index is 14.1. The molecule has 26 heavy (non-hydrogen) atoms. The van der Waals surface area contributed by atoms with Crippen LogP contribution < -0.4 is 10.4 Å². The molecule has 1 aromatic heterocycles. The van der Waals surface area contributed by atoms with E-state index in [1.54, 1.807) is 6.20 Å². The minimum Gasteiger partial charge on any atom is -0.304 e. The van der Waals surface area contributed by atoms with Crippen molar-refractivity contribution < 1.29 is 9.18 Å². The van der Waals surface area contributed by atoms with Gasteiger partial charge in [0, 0.05) is 38.4 Å². The number of benzene rings is 1. The Bertz CT molecular complexity index is 744. The molecule has 2 aromatic rings. The van der Waals surface area contributed by atoms with Crippen molar-refractivity contribution in [3.8, 4) is 0 Å². The molecular weight excluding hydrogens is 333 g/mol. The molecule has 1 aliphatic rings. The van der Waals surface area contributed by atoms with Crippen molar-refractivity contribution in [3.05, 3.63) is 53.6 Å². The molecule has 0 radical (unpaired) electrons. The van der Waals surface area contributed by atoms with Gasteiger partial charge < -0.3 is 4.90 Å². The minimum atomic E-state index is -0.359. The van der Waals surface area contributed by atoms with Crippen molar-refractivity contribution in [1.29, 1.82) is 0 Å². The number of carbonyl (C=O) groups excluding carboxylic acids is 1. The van der Waals surface area contributed by atoms with Gasteiger partial charge in [-0.15, -0.1) is 0 Å². The van der Waals surface area contributed by atoms with Crippen molar-refractivity contribution in [1.82, 2.24) is 14.8 Å². The highest BCUT2D eigenvalue weighted by Crippen LogP contribution is 2.20. The van der Waals surface area contributed by atoms with E-state index in [1.807, 2.05) is 25.1 Å². The average Bonchev–Trinajstić information content (AvgIpc) is 2.62. The number of rotatable bonds is 6. The van der Waals surface area contributed by atoms with Crippen LogP contribution in [0, 0.1) is 12.7 Å². The lowest BCUT2D eigenvalue weighted by Crippen LogP contribution is -2.43. The van der Waals surface area contributed by atoms with Gasteiger partial charge in [0.2, 0.25) is 6.41 Å². The van der Waals surface area contributed by atoms with Crippen molar-refractivity contribution in [2.24, 2.45) is 0 Å². The summed E-state index contributed by atoms with van der Waals surface area (Å²) in [5.41, 5.74) is 5.80. The highest BCUT2D eigenvalue weighted by atomic mass is 19.1. The molecular formula is C19H24FN5O. The number of carbonyl (C=O) groups is 1. The molecule has 2 heterocycles. The van der Waals surface area contributed by atoms with E-state index in [0.29, 0.717) is 24.3 Å². The summed E-state index contributed by atoms with van der Waals surface area (Å²) in [6, 6.07) is 8.37. The van der Waals surface area contributed by atoms with E-state index in [9.17, 15) is 9.18 Å².